The highest BCUT2D eigenvalue weighted by Crippen LogP contribution is 2.28. The molecular formula is C22H22N4O. The Bertz CT molecular complexity index is 999. The van der Waals surface area contributed by atoms with Crippen LogP contribution in [-0.2, 0) is 6.42 Å². The zero-order valence-corrected chi connectivity index (χ0v) is 15.6. The summed E-state index contributed by atoms with van der Waals surface area (Å²) in [6.07, 6.45) is 3.59. The van der Waals surface area contributed by atoms with E-state index < -0.39 is 0 Å². The van der Waals surface area contributed by atoms with Crippen molar-refractivity contribution in [2.24, 2.45) is 0 Å². The Morgan fingerprint density at radius 3 is 2.81 bits per heavy atom. The lowest BCUT2D eigenvalue weighted by Gasteiger charge is -2.29. The Hall–Kier alpha value is -3.21. The van der Waals surface area contributed by atoms with Crippen LogP contribution in [0.1, 0.15) is 33.6 Å². The molecule has 4 rings (SSSR count). The quantitative estimate of drug-likeness (QED) is 0.752. The molecule has 1 aromatic heterocycles. The monoisotopic (exact) mass is 358 g/mol. The van der Waals surface area contributed by atoms with Gasteiger partial charge in [-0.15, -0.1) is 0 Å². The lowest BCUT2D eigenvalue weighted by atomic mass is 10.0. The van der Waals surface area contributed by atoms with Crippen molar-refractivity contribution in [3.05, 3.63) is 77.1 Å². The Balaban J connectivity index is 1.60. The van der Waals surface area contributed by atoms with Gasteiger partial charge in [0.1, 0.15) is 5.69 Å². The lowest BCUT2D eigenvalue weighted by molar-refractivity contribution is 0.0980. The van der Waals surface area contributed by atoms with E-state index >= 15 is 0 Å². The number of nitrogens with zero attached hydrogens (tertiary/aromatic N) is 3. The van der Waals surface area contributed by atoms with Crippen LogP contribution in [0.15, 0.2) is 54.7 Å². The van der Waals surface area contributed by atoms with Crippen molar-refractivity contribution in [1.82, 2.24) is 9.97 Å². The number of fused-ring (bicyclic) bond motifs is 1. The summed E-state index contributed by atoms with van der Waals surface area (Å²) < 4.78 is 0. The second-order valence-corrected chi connectivity index (χ2v) is 6.90. The van der Waals surface area contributed by atoms with Crippen molar-refractivity contribution in [2.75, 3.05) is 16.8 Å². The first-order chi connectivity index (χ1) is 13.1. The number of aromatic nitrogens is 2. The van der Waals surface area contributed by atoms with Crippen LogP contribution < -0.4 is 10.2 Å². The van der Waals surface area contributed by atoms with E-state index in [1.165, 1.54) is 11.1 Å². The number of aryl methyl sites for hydroxylation is 3. The van der Waals surface area contributed by atoms with Gasteiger partial charge >= 0.3 is 0 Å². The molecule has 0 fully saturated rings. The summed E-state index contributed by atoms with van der Waals surface area (Å²) in [6, 6.07) is 15.9. The van der Waals surface area contributed by atoms with Gasteiger partial charge in [-0.3, -0.25) is 4.79 Å². The molecule has 5 nitrogen and oxygen atoms in total. The van der Waals surface area contributed by atoms with Crippen molar-refractivity contribution in [2.45, 2.75) is 26.7 Å². The number of anilines is 3. The average Bonchev–Trinajstić information content (AvgIpc) is 2.69. The fourth-order valence-electron chi connectivity index (χ4n) is 3.50. The second kappa shape index (κ2) is 7.19. The van der Waals surface area contributed by atoms with Crippen LogP contribution in [0.25, 0.3) is 0 Å². The summed E-state index contributed by atoms with van der Waals surface area (Å²) in [5.74, 6) is 0.339. The normalized spacial score (nSPS) is 13.2. The molecule has 0 radical (unpaired) electrons. The summed E-state index contributed by atoms with van der Waals surface area (Å²) in [4.78, 5) is 23.7. The molecule has 0 atom stereocenters. The van der Waals surface area contributed by atoms with Crippen molar-refractivity contribution in [3.8, 4) is 0 Å². The Kier molecular flexibility index (Phi) is 4.59. The molecule has 0 saturated carbocycles. The molecule has 5 heteroatoms. The van der Waals surface area contributed by atoms with E-state index in [-0.39, 0.29) is 5.91 Å². The first kappa shape index (κ1) is 17.2. The van der Waals surface area contributed by atoms with Crippen LogP contribution in [-0.4, -0.2) is 22.4 Å². The average molecular weight is 358 g/mol. The smallest absolute Gasteiger partial charge is 0.277 e. The Labute approximate surface area is 159 Å². The summed E-state index contributed by atoms with van der Waals surface area (Å²) in [7, 11) is 0. The van der Waals surface area contributed by atoms with E-state index in [4.69, 9.17) is 0 Å². The maximum Gasteiger partial charge on any atom is 0.277 e. The topological polar surface area (TPSA) is 58.1 Å². The van der Waals surface area contributed by atoms with Gasteiger partial charge in [0.05, 0.1) is 0 Å². The molecule has 0 spiro atoms. The van der Waals surface area contributed by atoms with Gasteiger partial charge in [-0.1, -0.05) is 35.9 Å². The molecule has 0 bridgehead atoms. The molecule has 27 heavy (non-hydrogen) atoms. The third-order valence-electron chi connectivity index (χ3n) is 4.86. The zero-order valence-electron chi connectivity index (χ0n) is 15.6. The molecule has 2 aromatic carbocycles. The van der Waals surface area contributed by atoms with E-state index in [0.29, 0.717) is 18.2 Å². The predicted octanol–water partition coefficient (Wildman–Crippen LogP) is 4.43. The number of benzene rings is 2. The van der Waals surface area contributed by atoms with Crippen LogP contribution in [0.2, 0.25) is 0 Å². The SMILES string of the molecule is Cc1ccc(Nc2nccc(C(=O)N3CCCc4ccccc43)n2)c(C)c1. The minimum atomic E-state index is -0.0896. The summed E-state index contributed by atoms with van der Waals surface area (Å²) in [5, 5.41) is 3.22. The van der Waals surface area contributed by atoms with Crippen LogP contribution in [0, 0.1) is 13.8 Å². The van der Waals surface area contributed by atoms with E-state index in [1.54, 1.807) is 12.3 Å². The largest absolute Gasteiger partial charge is 0.324 e. The highest BCUT2D eigenvalue weighted by Gasteiger charge is 2.24. The highest BCUT2D eigenvalue weighted by molar-refractivity contribution is 6.05. The van der Waals surface area contributed by atoms with E-state index in [2.05, 4.69) is 34.3 Å². The number of carbonyl (C=O) groups is 1. The minimum absolute atomic E-state index is 0.0896. The molecule has 0 unspecified atom stereocenters. The van der Waals surface area contributed by atoms with E-state index in [9.17, 15) is 4.79 Å². The van der Waals surface area contributed by atoms with Crippen LogP contribution >= 0.6 is 0 Å². The molecule has 0 saturated heterocycles. The molecule has 1 amide bonds. The molecule has 136 valence electrons. The third-order valence-corrected chi connectivity index (χ3v) is 4.86. The molecule has 1 N–H and O–H groups in total. The fourth-order valence-corrected chi connectivity index (χ4v) is 3.50. The third kappa shape index (κ3) is 3.53. The summed E-state index contributed by atoms with van der Waals surface area (Å²) >= 11 is 0. The highest BCUT2D eigenvalue weighted by atomic mass is 16.2. The Morgan fingerprint density at radius 2 is 1.96 bits per heavy atom. The standard InChI is InChI=1S/C22H22N4O/c1-15-9-10-18(16(2)14-15)24-22-23-12-11-19(25-22)21(27)26-13-5-7-17-6-3-4-8-20(17)26/h3-4,6,8-12,14H,5,7,13H2,1-2H3,(H,23,24,25). The van der Waals surface area contributed by atoms with Gasteiger partial charge in [0.2, 0.25) is 5.95 Å². The van der Waals surface area contributed by atoms with E-state index in [1.807, 2.05) is 42.2 Å². The molecule has 2 heterocycles. The summed E-state index contributed by atoms with van der Waals surface area (Å²) in [6.45, 7) is 4.80. The minimum Gasteiger partial charge on any atom is -0.324 e. The predicted molar refractivity (Wildman–Crippen MR) is 108 cm³/mol. The van der Waals surface area contributed by atoms with Crippen molar-refractivity contribution < 1.29 is 4.79 Å². The van der Waals surface area contributed by atoms with Gasteiger partial charge in [-0.2, -0.15) is 0 Å². The van der Waals surface area contributed by atoms with Gasteiger partial charge in [-0.05, 0) is 56.0 Å². The first-order valence-electron chi connectivity index (χ1n) is 9.19. The van der Waals surface area contributed by atoms with Crippen LogP contribution in [0.4, 0.5) is 17.3 Å². The second-order valence-electron chi connectivity index (χ2n) is 6.90. The lowest BCUT2D eigenvalue weighted by Crippen LogP contribution is -2.36. The fraction of sp³-hybridized carbons (Fsp3) is 0.227. The maximum absolute atomic E-state index is 13.1. The van der Waals surface area contributed by atoms with Gasteiger partial charge in [0, 0.05) is 24.1 Å². The number of para-hydroxylation sites is 1. The number of hydrogen-bond donors (Lipinski definition) is 1. The van der Waals surface area contributed by atoms with Gasteiger partial charge < -0.3 is 10.2 Å². The van der Waals surface area contributed by atoms with Crippen molar-refractivity contribution in [3.63, 3.8) is 0 Å². The summed E-state index contributed by atoms with van der Waals surface area (Å²) in [5.41, 5.74) is 5.84. The van der Waals surface area contributed by atoms with Crippen molar-refractivity contribution >= 4 is 23.2 Å². The molecule has 3 aromatic rings. The van der Waals surface area contributed by atoms with Crippen LogP contribution in [0.3, 0.4) is 0 Å². The molecule has 0 aliphatic carbocycles. The molecular weight excluding hydrogens is 336 g/mol. The van der Waals surface area contributed by atoms with E-state index in [0.717, 1.165) is 29.8 Å². The van der Waals surface area contributed by atoms with Crippen molar-refractivity contribution in [1.29, 1.82) is 0 Å². The number of carbonyl (C=O) groups excluding carboxylic acids is 1. The number of amides is 1. The molecule has 1 aliphatic rings. The number of rotatable bonds is 3. The Morgan fingerprint density at radius 1 is 1.11 bits per heavy atom. The van der Waals surface area contributed by atoms with Gasteiger partial charge in [-0.25, -0.2) is 9.97 Å². The first-order valence-corrected chi connectivity index (χ1v) is 9.19. The van der Waals surface area contributed by atoms with Gasteiger partial charge in [0.25, 0.3) is 5.91 Å². The zero-order chi connectivity index (χ0) is 18.8. The maximum atomic E-state index is 13.1. The number of nitrogens with one attached hydrogen (secondary N) is 1. The van der Waals surface area contributed by atoms with Gasteiger partial charge in [0.15, 0.2) is 0 Å². The molecule has 1 aliphatic heterocycles. The number of hydrogen-bond acceptors (Lipinski definition) is 4. The van der Waals surface area contributed by atoms with Crippen LogP contribution in [0.5, 0.6) is 0 Å².